The van der Waals surface area contributed by atoms with Crippen LogP contribution in [0.15, 0.2) is 36.4 Å². The highest BCUT2D eigenvalue weighted by atomic mass is 35.5. The molecule has 106 valence electrons. The van der Waals surface area contributed by atoms with Crippen molar-refractivity contribution in [3.8, 4) is 11.8 Å². The van der Waals surface area contributed by atoms with Gasteiger partial charge in [0.2, 0.25) is 0 Å². The minimum absolute atomic E-state index is 0.00381. The predicted molar refractivity (Wildman–Crippen MR) is 82.9 cm³/mol. The van der Waals surface area contributed by atoms with Gasteiger partial charge in [-0.25, -0.2) is 4.39 Å². The molecule has 0 saturated heterocycles. The summed E-state index contributed by atoms with van der Waals surface area (Å²) in [5.41, 5.74) is 1.02. The summed E-state index contributed by atoms with van der Waals surface area (Å²) < 4.78 is 19.1. The minimum Gasteiger partial charge on any atom is -0.496 e. The van der Waals surface area contributed by atoms with E-state index in [9.17, 15) is 9.65 Å². The van der Waals surface area contributed by atoms with Crippen LogP contribution in [0.4, 0.5) is 4.39 Å². The number of ether oxygens (including phenoxy) is 1. The van der Waals surface area contributed by atoms with Crippen molar-refractivity contribution in [3.63, 3.8) is 0 Å². The van der Waals surface area contributed by atoms with Gasteiger partial charge in [-0.05, 0) is 30.3 Å². The van der Waals surface area contributed by atoms with Crippen molar-refractivity contribution in [2.45, 2.75) is 0 Å². The molecule has 2 aromatic carbocycles. The van der Waals surface area contributed by atoms with Crippen LogP contribution in [0.3, 0.4) is 0 Å². The van der Waals surface area contributed by atoms with E-state index in [0.29, 0.717) is 16.3 Å². The Balaban J connectivity index is 2.57. The molecule has 2 nitrogen and oxygen atoms in total. The largest absolute Gasteiger partial charge is 0.496 e. The van der Waals surface area contributed by atoms with E-state index >= 15 is 0 Å². The Morgan fingerprint density at radius 2 is 2.05 bits per heavy atom. The number of nitriles is 1. The third-order valence-corrected chi connectivity index (χ3v) is 3.38. The van der Waals surface area contributed by atoms with Crippen LogP contribution in [-0.4, -0.2) is 7.11 Å². The van der Waals surface area contributed by atoms with Gasteiger partial charge < -0.3 is 4.74 Å². The zero-order chi connectivity index (χ0) is 15.4. The van der Waals surface area contributed by atoms with Gasteiger partial charge in [-0.3, -0.25) is 0 Å². The van der Waals surface area contributed by atoms with Crippen molar-refractivity contribution in [1.82, 2.24) is 0 Å². The monoisotopic (exact) mass is 321 g/mol. The third-order valence-electron chi connectivity index (χ3n) is 2.86. The Bertz CT molecular complexity index is 750. The molecule has 0 unspecified atom stereocenters. The molecule has 0 spiro atoms. The first-order valence-electron chi connectivity index (χ1n) is 5.96. The summed E-state index contributed by atoms with van der Waals surface area (Å²) in [5, 5.41) is 9.82. The second-order valence-electron chi connectivity index (χ2n) is 4.16. The fourth-order valence-electron chi connectivity index (χ4n) is 1.85. The Kier molecular flexibility index (Phi) is 4.85. The van der Waals surface area contributed by atoms with Crippen molar-refractivity contribution in [2.75, 3.05) is 7.11 Å². The highest BCUT2D eigenvalue weighted by Crippen LogP contribution is 2.31. The second kappa shape index (κ2) is 6.62. The lowest BCUT2D eigenvalue weighted by molar-refractivity contribution is 0.413. The maximum absolute atomic E-state index is 13.9. The van der Waals surface area contributed by atoms with E-state index in [1.165, 1.54) is 19.3 Å². The highest BCUT2D eigenvalue weighted by molar-refractivity contribution is 6.31. The number of benzene rings is 2. The molecule has 0 bridgehead atoms. The summed E-state index contributed by atoms with van der Waals surface area (Å²) in [6.45, 7) is 0. The molecule has 0 N–H and O–H groups in total. The first kappa shape index (κ1) is 15.4. The van der Waals surface area contributed by atoms with Crippen LogP contribution in [0.5, 0.6) is 5.75 Å². The average molecular weight is 322 g/mol. The first-order chi connectivity index (χ1) is 10.1. The number of allylic oxidation sites excluding steroid dienone is 1. The van der Waals surface area contributed by atoms with E-state index in [1.807, 2.05) is 6.07 Å². The molecule has 0 aliphatic rings. The SMILES string of the molecule is COc1cc(Cl)ccc1C(C#N)=Cc1cccc(Cl)c1F. The number of rotatable bonds is 3. The van der Waals surface area contributed by atoms with Gasteiger partial charge in [0.1, 0.15) is 11.6 Å². The van der Waals surface area contributed by atoms with Gasteiger partial charge in [-0.1, -0.05) is 35.3 Å². The molecule has 0 aromatic heterocycles. The molecule has 2 aromatic rings. The number of hydrogen-bond donors (Lipinski definition) is 0. The van der Waals surface area contributed by atoms with Gasteiger partial charge in [0.15, 0.2) is 0 Å². The van der Waals surface area contributed by atoms with Crippen LogP contribution >= 0.6 is 23.2 Å². The van der Waals surface area contributed by atoms with Crippen molar-refractivity contribution in [3.05, 3.63) is 63.4 Å². The fourth-order valence-corrected chi connectivity index (χ4v) is 2.19. The van der Waals surface area contributed by atoms with E-state index in [1.54, 1.807) is 30.3 Å². The second-order valence-corrected chi connectivity index (χ2v) is 5.00. The van der Waals surface area contributed by atoms with Crippen molar-refractivity contribution in [1.29, 1.82) is 5.26 Å². The molecular formula is C16H10Cl2FNO. The molecule has 0 atom stereocenters. The molecule has 0 saturated carbocycles. The molecule has 2 rings (SSSR count). The molecular weight excluding hydrogens is 312 g/mol. The summed E-state index contributed by atoms with van der Waals surface area (Å²) >= 11 is 11.6. The number of halogens is 3. The Labute approximate surface area is 132 Å². The summed E-state index contributed by atoms with van der Waals surface area (Å²) in [6.07, 6.45) is 1.42. The maximum atomic E-state index is 13.9. The lowest BCUT2D eigenvalue weighted by Gasteiger charge is -2.08. The zero-order valence-electron chi connectivity index (χ0n) is 11.0. The van der Waals surface area contributed by atoms with Crippen LogP contribution < -0.4 is 4.74 Å². The van der Waals surface area contributed by atoms with Crippen LogP contribution in [0.2, 0.25) is 10.0 Å². The van der Waals surface area contributed by atoms with Gasteiger partial charge in [0.25, 0.3) is 0 Å². The number of hydrogen-bond acceptors (Lipinski definition) is 2. The van der Waals surface area contributed by atoms with E-state index in [2.05, 4.69) is 0 Å². The smallest absolute Gasteiger partial charge is 0.149 e. The summed E-state index contributed by atoms with van der Waals surface area (Å²) in [7, 11) is 1.48. The standard InChI is InChI=1S/C16H10Cl2FNO/c1-21-15-8-12(17)5-6-13(15)11(9-20)7-10-3-2-4-14(18)16(10)19/h2-8H,1H3. The van der Waals surface area contributed by atoms with E-state index in [-0.39, 0.29) is 16.2 Å². The highest BCUT2D eigenvalue weighted by Gasteiger charge is 2.11. The molecule has 0 aliphatic heterocycles. The first-order valence-corrected chi connectivity index (χ1v) is 6.72. The van der Waals surface area contributed by atoms with Gasteiger partial charge in [0, 0.05) is 16.1 Å². The molecule has 0 fully saturated rings. The van der Waals surface area contributed by atoms with Crippen LogP contribution in [0.1, 0.15) is 11.1 Å². The number of methoxy groups -OCH3 is 1. The molecule has 0 amide bonds. The Morgan fingerprint density at radius 3 is 2.71 bits per heavy atom. The number of nitrogens with zero attached hydrogens (tertiary/aromatic N) is 1. The minimum atomic E-state index is -0.570. The van der Waals surface area contributed by atoms with Crippen LogP contribution in [-0.2, 0) is 0 Å². The molecule has 0 heterocycles. The van der Waals surface area contributed by atoms with Crippen LogP contribution in [0.25, 0.3) is 11.6 Å². The van der Waals surface area contributed by atoms with Crippen molar-refractivity contribution in [2.24, 2.45) is 0 Å². The molecule has 5 heteroatoms. The van der Waals surface area contributed by atoms with Crippen molar-refractivity contribution >= 4 is 34.9 Å². The predicted octanol–water partition coefficient (Wildman–Crippen LogP) is 5.21. The lowest BCUT2D eigenvalue weighted by atomic mass is 10.0. The Hall–Kier alpha value is -2.02. The van der Waals surface area contributed by atoms with Gasteiger partial charge >= 0.3 is 0 Å². The van der Waals surface area contributed by atoms with Gasteiger partial charge in [-0.15, -0.1) is 0 Å². The molecule has 21 heavy (non-hydrogen) atoms. The summed E-state index contributed by atoms with van der Waals surface area (Å²) in [5.74, 6) is -0.127. The summed E-state index contributed by atoms with van der Waals surface area (Å²) in [4.78, 5) is 0. The van der Waals surface area contributed by atoms with Crippen LogP contribution in [0, 0.1) is 17.1 Å². The van der Waals surface area contributed by atoms with E-state index < -0.39 is 5.82 Å². The fraction of sp³-hybridized carbons (Fsp3) is 0.0625. The van der Waals surface area contributed by atoms with Gasteiger partial charge in [-0.2, -0.15) is 5.26 Å². The topological polar surface area (TPSA) is 33.0 Å². The summed E-state index contributed by atoms with van der Waals surface area (Å²) in [6, 6.07) is 11.5. The third kappa shape index (κ3) is 3.36. The van der Waals surface area contributed by atoms with Crippen molar-refractivity contribution < 1.29 is 9.13 Å². The zero-order valence-corrected chi connectivity index (χ0v) is 12.5. The normalized spacial score (nSPS) is 11.1. The molecule has 0 aliphatic carbocycles. The van der Waals surface area contributed by atoms with E-state index in [0.717, 1.165) is 0 Å². The molecule has 0 radical (unpaired) electrons. The lowest BCUT2D eigenvalue weighted by Crippen LogP contribution is -1.92. The Morgan fingerprint density at radius 1 is 1.29 bits per heavy atom. The maximum Gasteiger partial charge on any atom is 0.149 e. The van der Waals surface area contributed by atoms with Gasteiger partial charge in [0.05, 0.1) is 23.8 Å². The average Bonchev–Trinajstić information content (AvgIpc) is 2.49. The quantitative estimate of drug-likeness (QED) is 0.574. The van der Waals surface area contributed by atoms with E-state index in [4.69, 9.17) is 27.9 Å².